The molecule has 2 aromatic rings. The lowest BCUT2D eigenvalue weighted by Crippen LogP contribution is -2.27. The maximum atomic E-state index is 12.0. The van der Waals surface area contributed by atoms with Gasteiger partial charge >= 0.3 is 5.97 Å². The number of pyridine rings is 1. The molecule has 1 unspecified atom stereocenters. The Morgan fingerprint density at radius 2 is 2.05 bits per heavy atom. The van der Waals surface area contributed by atoms with Gasteiger partial charge in [-0.05, 0) is 38.1 Å². The summed E-state index contributed by atoms with van der Waals surface area (Å²) in [4.78, 5) is 28.8. The van der Waals surface area contributed by atoms with Crippen LogP contribution < -0.4 is 5.32 Å². The molecule has 1 amide bonds. The standard InChI is InChI=1S/C14H14N2O3S/c1-8-3-6-12(20-8)9(2)16-13(17)11-5-4-10(7-15-11)14(18)19/h3-7,9H,1-2H3,(H,16,17)(H,18,19). The molecule has 104 valence electrons. The molecule has 0 saturated heterocycles. The van der Waals surface area contributed by atoms with Gasteiger partial charge in [-0.15, -0.1) is 11.3 Å². The summed E-state index contributed by atoms with van der Waals surface area (Å²) >= 11 is 1.63. The molecular formula is C14H14N2O3S. The van der Waals surface area contributed by atoms with Crippen molar-refractivity contribution in [3.63, 3.8) is 0 Å². The van der Waals surface area contributed by atoms with E-state index < -0.39 is 5.97 Å². The van der Waals surface area contributed by atoms with E-state index >= 15 is 0 Å². The highest BCUT2D eigenvalue weighted by molar-refractivity contribution is 7.12. The number of carboxylic acid groups (broad SMARTS) is 1. The van der Waals surface area contributed by atoms with Crippen LogP contribution in [0.4, 0.5) is 0 Å². The second-order valence-electron chi connectivity index (χ2n) is 4.38. The number of aryl methyl sites for hydroxylation is 1. The summed E-state index contributed by atoms with van der Waals surface area (Å²) in [6.45, 7) is 3.91. The van der Waals surface area contributed by atoms with Gasteiger partial charge in [0, 0.05) is 16.0 Å². The van der Waals surface area contributed by atoms with Crippen LogP contribution in [0.5, 0.6) is 0 Å². The first-order valence-electron chi connectivity index (χ1n) is 6.04. The number of aromatic carboxylic acids is 1. The minimum Gasteiger partial charge on any atom is -0.478 e. The highest BCUT2D eigenvalue weighted by Gasteiger charge is 2.14. The quantitative estimate of drug-likeness (QED) is 0.907. The molecule has 0 aromatic carbocycles. The molecule has 1 atom stereocenters. The first-order chi connectivity index (χ1) is 9.47. The number of nitrogens with zero attached hydrogens (tertiary/aromatic N) is 1. The van der Waals surface area contributed by atoms with E-state index in [1.165, 1.54) is 23.2 Å². The first-order valence-corrected chi connectivity index (χ1v) is 6.85. The summed E-state index contributed by atoms with van der Waals surface area (Å²) in [6.07, 6.45) is 1.18. The average Bonchev–Trinajstić information content (AvgIpc) is 2.85. The Morgan fingerprint density at radius 1 is 1.30 bits per heavy atom. The molecule has 2 aromatic heterocycles. The molecule has 0 fully saturated rings. The lowest BCUT2D eigenvalue weighted by molar-refractivity contribution is 0.0695. The minimum atomic E-state index is -1.06. The average molecular weight is 290 g/mol. The number of hydrogen-bond donors (Lipinski definition) is 2. The molecule has 6 heteroatoms. The Hall–Kier alpha value is -2.21. The number of carboxylic acids is 1. The molecule has 0 aliphatic rings. The fraction of sp³-hybridized carbons (Fsp3) is 0.214. The van der Waals surface area contributed by atoms with Crippen molar-refractivity contribution in [2.75, 3.05) is 0 Å². The van der Waals surface area contributed by atoms with Gasteiger partial charge in [0.05, 0.1) is 11.6 Å². The molecule has 20 heavy (non-hydrogen) atoms. The molecule has 0 saturated carbocycles. The molecule has 2 rings (SSSR count). The lowest BCUT2D eigenvalue weighted by Gasteiger charge is -2.11. The van der Waals surface area contributed by atoms with E-state index in [1.54, 1.807) is 11.3 Å². The summed E-state index contributed by atoms with van der Waals surface area (Å²) in [6, 6.07) is 6.64. The van der Waals surface area contributed by atoms with Crippen molar-refractivity contribution < 1.29 is 14.7 Å². The Bertz CT molecular complexity index is 634. The predicted molar refractivity (Wildman–Crippen MR) is 76.1 cm³/mol. The molecule has 5 nitrogen and oxygen atoms in total. The third kappa shape index (κ3) is 3.21. The third-order valence-corrected chi connectivity index (χ3v) is 3.96. The molecule has 0 radical (unpaired) electrons. The van der Waals surface area contributed by atoms with Gasteiger partial charge in [0.25, 0.3) is 5.91 Å². The van der Waals surface area contributed by atoms with Crippen LogP contribution in [-0.2, 0) is 0 Å². The number of nitrogens with one attached hydrogen (secondary N) is 1. The summed E-state index contributed by atoms with van der Waals surface area (Å²) < 4.78 is 0. The van der Waals surface area contributed by atoms with Crippen molar-refractivity contribution in [1.82, 2.24) is 10.3 Å². The summed E-state index contributed by atoms with van der Waals surface area (Å²) in [5.74, 6) is -1.38. The monoisotopic (exact) mass is 290 g/mol. The van der Waals surface area contributed by atoms with Crippen molar-refractivity contribution in [3.05, 3.63) is 51.5 Å². The van der Waals surface area contributed by atoms with Gasteiger partial charge in [0.15, 0.2) is 0 Å². The molecular weight excluding hydrogens is 276 g/mol. The second-order valence-corrected chi connectivity index (χ2v) is 5.70. The van der Waals surface area contributed by atoms with Crippen LogP contribution in [-0.4, -0.2) is 22.0 Å². The van der Waals surface area contributed by atoms with Crippen LogP contribution in [0.3, 0.4) is 0 Å². The normalized spacial score (nSPS) is 11.9. The van der Waals surface area contributed by atoms with Crippen molar-refractivity contribution in [1.29, 1.82) is 0 Å². The Labute approximate surface area is 120 Å². The highest BCUT2D eigenvalue weighted by Crippen LogP contribution is 2.22. The highest BCUT2D eigenvalue weighted by atomic mass is 32.1. The van der Waals surface area contributed by atoms with Crippen molar-refractivity contribution in [2.24, 2.45) is 0 Å². The molecule has 0 aliphatic carbocycles. The summed E-state index contributed by atoms with van der Waals surface area (Å²) in [5.41, 5.74) is 0.263. The van der Waals surface area contributed by atoms with Crippen LogP contribution in [0.2, 0.25) is 0 Å². The predicted octanol–water partition coefficient (Wildman–Crippen LogP) is 2.64. The maximum absolute atomic E-state index is 12.0. The minimum absolute atomic E-state index is 0.0588. The first kappa shape index (κ1) is 14.2. The van der Waals surface area contributed by atoms with Crippen molar-refractivity contribution >= 4 is 23.2 Å². The van der Waals surface area contributed by atoms with E-state index in [-0.39, 0.29) is 23.2 Å². The largest absolute Gasteiger partial charge is 0.478 e. The number of carbonyl (C=O) groups is 2. The van der Waals surface area contributed by atoms with E-state index in [4.69, 9.17) is 5.11 Å². The zero-order chi connectivity index (χ0) is 14.7. The van der Waals surface area contributed by atoms with Crippen molar-refractivity contribution in [2.45, 2.75) is 19.9 Å². The van der Waals surface area contributed by atoms with Crippen LogP contribution in [0.15, 0.2) is 30.5 Å². The van der Waals surface area contributed by atoms with Gasteiger partial charge in [0.2, 0.25) is 0 Å². The Kier molecular flexibility index (Phi) is 4.14. The van der Waals surface area contributed by atoms with E-state index in [1.807, 2.05) is 26.0 Å². The maximum Gasteiger partial charge on any atom is 0.337 e. The van der Waals surface area contributed by atoms with Gasteiger partial charge in [-0.2, -0.15) is 0 Å². The molecule has 0 spiro atoms. The number of amides is 1. The van der Waals surface area contributed by atoms with Crippen LogP contribution >= 0.6 is 11.3 Å². The smallest absolute Gasteiger partial charge is 0.337 e. The SMILES string of the molecule is Cc1ccc(C(C)NC(=O)c2ccc(C(=O)O)cn2)s1. The number of thiophene rings is 1. The fourth-order valence-corrected chi connectivity index (χ4v) is 2.56. The second kappa shape index (κ2) is 5.83. The van der Waals surface area contributed by atoms with Gasteiger partial charge in [-0.25, -0.2) is 4.79 Å². The van der Waals surface area contributed by atoms with Gasteiger partial charge in [0.1, 0.15) is 5.69 Å². The number of carbonyl (C=O) groups excluding carboxylic acids is 1. The van der Waals surface area contributed by atoms with E-state index in [0.717, 1.165) is 4.88 Å². The molecule has 0 aliphatic heterocycles. The molecule has 2 heterocycles. The fourth-order valence-electron chi connectivity index (χ4n) is 1.68. The zero-order valence-electron chi connectivity index (χ0n) is 11.1. The number of aromatic nitrogens is 1. The lowest BCUT2D eigenvalue weighted by atomic mass is 10.2. The third-order valence-electron chi connectivity index (χ3n) is 2.78. The Balaban J connectivity index is 2.06. The van der Waals surface area contributed by atoms with Crippen LogP contribution in [0.1, 0.15) is 43.6 Å². The number of hydrogen-bond acceptors (Lipinski definition) is 4. The number of rotatable bonds is 4. The van der Waals surface area contributed by atoms with E-state index in [2.05, 4.69) is 10.3 Å². The van der Waals surface area contributed by atoms with Crippen LogP contribution in [0.25, 0.3) is 0 Å². The van der Waals surface area contributed by atoms with E-state index in [9.17, 15) is 9.59 Å². The summed E-state index contributed by atoms with van der Waals surface area (Å²) in [7, 11) is 0. The van der Waals surface area contributed by atoms with Gasteiger partial charge in [-0.3, -0.25) is 9.78 Å². The van der Waals surface area contributed by atoms with Crippen molar-refractivity contribution in [3.8, 4) is 0 Å². The van der Waals surface area contributed by atoms with Crippen LogP contribution in [0, 0.1) is 6.92 Å². The van der Waals surface area contributed by atoms with E-state index in [0.29, 0.717) is 0 Å². The summed E-state index contributed by atoms with van der Waals surface area (Å²) in [5, 5.41) is 11.6. The zero-order valence-corrected chi connectivity index (χ0v) is 11.9. The Morgan fingerprint density at radius 3 is 2.55 bits per heavy atom. The van der Waals surface area contributed by atoms with Gasteiger partial charge in [-0.1, -0.05) is 0 Å². The molecule has 0 bridgehead atoms. The van der Waals surface area contributed by atoms with Gasteiger partial charge < -0.3 is 10.4 Å². The molecule has 2 N–H and O–H groups in total. The topological polar surface area (TPSA) is 79.3 Å².